The number of nitrogens with one attached hydrogen (secondary N) is 1. The Labute approximate surface area is 120 Å². The molecule has 8 heteroatoms. The molecule has 1 aromatic rings. The number of halogens is 2. The Hall–Kier alpha value is -1.18. The maximum atomic E-state index is 13.7. The van der Waals surface area contributed by atoms with Gasteiger partial charge < -0.3 is 10.1 Å². The highest BCUT2D eigenvalue weighted by Gasteiger charge is 2.28. The van der Waals surface area contributed by atoms with Crippen LogP contribution in [0.15, 0.2) is 23.1 Å². The molecular formula is C12H13ClFNO4S. The Bertz CT molecular complexity index is 634. The fourth-order valence-electron chi connectivity index (χ4n) is 1.96. The Morgan fingerprint density at radius 1 is 1.45 bits per heavy atom. The fraction of sp³-hybridized carbons (Fsp3) is 0.417. The molecule has 110 valence electrons. The number of carbonyl (C=O) groups is 1. The molecule has 1 aliphatic heterocycles. The molecular weight excluding hydrogens is 309 g/mol. The van der Waals surface area contributed by atoms with E-state index in [9.17, 15) is 17.6 Å². The van der Waals surface area contributed by atoms with E-state index in [1.165, 1.54) is 0 Å². The molecule has 1 aliphatic rings. The summed E-state index contributed by atoms with van der Waals surface area (Å²) in [5.41, 5.74) is -0.109. The third-order valence-electron chi connectivity index (χ3n) is 3.00. The number of hydrogen-bond acceptors (Lipinski definition) is 4. The minimum Gasteiger partial charge on any atom is -0.365 e. The molecule has 1 N–H and O–H groups in total. The normalized spacial score (nSPS) is 22.8. The summed E-state index contributed by atoms with van der Waals surface area (Å²) in [4.78, 5) is 11.5. The lowest BCUT2D eigenvalue weighted by atomic mass is 10.2. The number of amides is 1. The van der Waals surface area contributed by atoms with Crippen LogP contribution in [0.4, 0.5) is 10.1 Å². The van der Waals surface area contributed by atoms with Gasteiger partial charge in [0.2, 0.25) is 0 Å². The first-order valence-electron chi connectivity index (χ1n) is 5.98. The zero-order valence-electron chi connectivity index (χ0n) is 10.6. The van der Waals surface area contributed by atoms with Crippen molar-refractivity contribution in [2.45, 2.75) is 36.9 Å². The molecule has 2 unspecified atom stereocenters. The first-order valence-corrected chi connectivity index (χ1v) is 8.29. The third-order valence-corrected chi connectivity index (χ3v) is 4.36. The molecule has 2 atom stereocenters. The summed E-state index contributed by atoms with van der Waals surface area (Å²) >= 11 is 0. The van der Waals surface area contributed by atoms with Crippen molar-refractivity contribution in [2.75, 3.05) is 5.32 Å². The Balaban J connectivity index is 2.12. The summed E-state index contributed by atoms with van der Waals surface area (Å²) in [6.45, 7) is 1.86. The van der Waals surface area contributed by atoms with E-state index in [2.05, 4.69) is 5.32 Å². The van der Waals surface area contributed by atoms with Gasteiger partial charge in [0.1, 0.15) is 11.9 Å². The van der Waals surface area contributed by atoms with Crippen LogP contribution in [-0.2, 0) is 18.6 Å². The van der Waals surface area contributed by atoms with Crippen LogP contribution in [0.1, 0.15) is 19.8 Å². The van der Waals surface area contributed by atoms with E-state index in [-0.39, 0.29) is 16.7 Å². The smallest absolute Gasteiger partial charge is 0.261 e. The largest absolute Gasteiger partial charge is 0.365 e. The number of anilines is 1. The SMILES string of the molecule is CC1CCC(C(=O)Nc2ccc(S(=O)(=O)Cl)cc2F)O1. The summed E-state index contributed by atoms with van der Waals surface area (Å²) < 4.78 is 41.2. The lowest BCUT2D eigenvalue weighted by Crippen LogP contribution is -2.28. The van der Waals surface area contributed by atoms with E-state index < -0.39 is 26.9 Å². The summed E-state index contributed by atoms with van der Waals surface area (Å²) in [7, 11) is 1.11. The highest BCUT2D eigenvalue weighted by molar-refractivity contribution is 8.13. The highest BCUT2D eigenvalue weighted by atomic mass is 35.7. The molecule has 2 rings (SSSR count). The molecule has 0 radical (unpaired) electrons. The minimum absolute atomic E-state index is 0.000589. The molecule has 5 nitrogen and oxygen atoms in total. The van der Waals surface area contributed by atoms with E-state index in [0.29, 0.717) is 6.42 Å². The number of carbonyl (C=O) groups excluding carboxylic acids is 1. The standard InChI is InChI=1S/C12H13ClFNO4S/c1-7-2-5-11(19-7)12(16)15-10-4-3-8(6-9(10)14)20(13,17)18/h3-4,6-7,11H,2,5H2,1H3,(H,15,16). The molecule has 1 amide bonds. The lowest BCUT2D eigenvalue weighted by Gasteiger charge is -2.12. The first kappa shape index (κ1) is 15.2. The number of rotatable bonds is 3. The van der Waals surface area contributed by atoms with E-state index in [4.69, 9.17) is 15.4 Å². The van der Waals surface area contributed by atoms with Crippen molar-refractivity contribution in [3.05, 3.63) is 24.0 Å². The van der Waals surface area contributed by atoms with Gasteiger partial charge in [-0.2, -0.15) is 0 Å². The molecule has 0 spiro atoms. The van der Waals surface area contributed by atoms with Crippen molar-refractivity contribution >= 4 is 31.3 Å². The van der Waals surface area contributed by atoms with Crippen molar-refractivity contribution in [3.63, 3.8) is 0 Å². The van der Waals surface area contributed by atoms with Gasteiger partial charge in [0.15, 0.2) is 0 Å². The predicted molar refractivity (Wildman–Crippen MR) is 71.6 cm³/mol. The zero-order valence-corrected chi connectivity index (χ0v) is 12.2. The molecule has 0 aliphatic carbocycles. The quantitative estimate of drug-likeness (QED) is 0.867. The van der Waals surface area contributed by atoms with Gasteiger partial charge in [0.25, 0.3) is 15.0 Å². The van der Waals surface area contributed by atoms with Crippen LogP contribution in [0, 0.1) is 5.82 Å². The van der Waals surface area contributed by atoms with Crippen molar-refractivity contribution in [2.24, 2.45) is 0 Å². The maximum Gasteiger partial charge on any atom is 0.261 e. The van der Waals surface area contributed by atoms with Gasteiger partial charge in [-0.25, -0.2) is 12.8 Å². The molecule has 0 saturated carbocycles. The van der Waals surface area contributed by atoms with Gasteiger partial charge in [-0.15, -0.1) is 0 Å². The summed E-state index contributed by atoms with van der Waals surface area (Å²) in [6.07, 6.45) is 0.729. The van der Waals surface area contributed by atoms with Crippen LogP contribution in [0.2, 0.25) is 0 Å². The van der Waals surface area contributed by atoms with Crippen LogP contribution in [0.25, 0.3) is 0 Å². The molecule has 20 heavy (non-hydrogen) atoms. The Morgan fingerprint density at radius 2 is 2.15 bits per heavy atom. The van der Waals surface area contributed by atoms with Crippen molar-refractivity contribution in [3.8, 4) is 0 Å². The van der Waals surface area contributed by atoms with Crippen LogP contribution in [0.3, 0.4) is 0 Å². The second kappa shape index (κ2) is 5.67. The van der Waals surface area contributed by atoms with E-state index in [1.54, 1.807) is 0 Å². The average Bonchev–Trinajstić information content (AvgIpc) is 2.77. The molecule has 0 bridgehead atoms. The number of ether oxygens (including phenoxy) is 1. The monoisotopic (exact) mass is 321 g/mol. The van der Waals surface area contributed by atoms with Gasteiger partial charge in [0, 0.05) is 10.7 Å². The van der Waals surface area contributed by atoms with Gasteiger partial charge >= 0.3 is 0 Å². The third kappa shape index (κ3) is 3.47. The topological polar surface area (TPSA) is 72.5 Å². The number of hydrogen-bond donors (Lipinski definition) is 1. The minimum atomic E-state index is -4.00. The first-order chi connectivity index (χ1) is 9.27. The molecule has 1 aromatic carbocycles. The van der Waals surface area contributed by atoms with Crippen LogP contribution >= 0.6 is 10.7 Å². The second-order valence-electron chi connectivity index (χ2n) is 4.58. The van der Waals surface area contributed by atoms with E-state index in [1.807, 2.05) is 6.92 Å². The van der Waals surface area contributed by atoms with E-state index >= 15 is 0 Å². The van der Waals surface area contributed by atoms with E-state index in [0.717, 1.165) is 24.6 Å². The summed E-state index contributed by atoms with van der Waals surface area (Å²) in [6, 6.07) is 3.04. The van der Waals surface area contributed by atoms with Gasteiger partial charge in [0.05, 0.1) is 16.7 Å². The molecule has 1 saturated heterocycles. The van der Waals surface area contributed by atoms with Crippen LogP contribution in [0.5, 0.6) is 0 Å². The summed E-state index contributed by atoms with van der Waals surface area (Å²) in [5.74, 6) is -1.32. The van der Waals surface area contributed by atoms with Crippen molar-refractivity contribution in [1.82, 2.24) is 0 Å². The number of benzene rings is 1. The second-order valence-corrected chi connectivity index (χ2v) is 7.15. The van der Waals surface area contributed by atoms with Gasteiger partial charge in [-0.1, -0.05) is 0 Å². The van der Waals surface area contributed by atoms with Gasteiger partial charge in [-0.3, -0.25) is 4.79 Å². The highest BCUT2D eigenvalue weighted by Crippen LogP contribution is 2.24. The van der Waals surface area contributed by atoms with Crippen LogP contribution < -0.4 is 5.32 Å². The predicted octanol–water partition coefficient (Wildman–Crippen LogP) is 2.26. The molecule has 0 aromatic heterocycles. The average molecular weight is 322 g/mol. The Morgan fingerprint density at radius 3 is 2.65 bits per heavy atom. The fourth-order valence-corrected chi connectivity index (χ4v) is 2.72. The maximum absolute atomic E-state index is 13.7. The molecule has 1 fully saturated rings. The lowest BCUT2D eigenvalue weighted by molar-refractivity contribution is -0.126. The Kier molecular flexibility index (Phi) is 4.31. The van der Waals surface area contributed by atoms with Crippen molar-refractivity contribution in [1.29, 1.82) is 0 Å². The zero-order chi connectivity index (χ0) is 14.9. The van der Waals surface area contributed by atoms with Gasteiger partial charge in [-0.05, 0) is 38.0 Å². The molecule has 1 heterocycles. The van der Waals surface area contributed by atoms with Crippen molar-refractivity contribution < 1.29 is 22.3 Å². The summed E-state index contributed by atoms with van der Waals surface area (Å²) in [5, 5.41) is 2.37. The van der Waals surface area contributed by atoms with Crippen LogP contribution in [-0.4, -0.2) is 26.5 Å².